The quantitative estimate of drug-likeness (QED) is 0.326. The molecule has 1 unspecified atom stereocenters. The zero-order chi connectivity index (χ0) is 27.9. The van der Waals surface area contributed by atoms with Gasteiger partial charge in [-0.15, -0.1) is 0 Å². The number of halogens is 2. The van der Waals surface area contributed by atoms with E-state index in [4.69, 9.17) is 23.2 Å². The van der Waals surface area contributed by atoms with Crippen LogP contribution < -0.4 is 9.62 Å². The Labute approximate surface area is 234 Å². The van der Waals surface area contributed by atoms with Gasteiger partial charge in [-0.3, -0.25) is 13.9 Å². The Morgan fingerprint density at radius 1 is 0.895 bits per heavy atom. The number of hydrogen-bond donors (Lipinski definition) is 1. The third-order valence-corrected chi connectivity index (χ3v) is 8.25. The van der Waals surface area contributed by atoms with Gasteiger partial charge in [-0.2, -0.15) is 0 Å². The minimum atomic E-state index is -4.13. The number of benzene rings is 3. The molecule has 0 aromatic heterocycles. The number of carbonyl (C=O) groups is 2. The lowest BCUT2D eigenvalue weighted by Crippen LogP contribution is -2.53. The fraction of sp³-hybridized carbons (Fsp3) is 0.286. The van der Waals surface area contributed by atoms with Crippen molar-refractivity contribution in [2.45, 2.75) is 50.7 Å². The molecule has 3 aromatic rings. The molecule has 0 spiro atoms. The van der Waals surface area contributed by atoms with E-state index >= 15 is 0 Å². The minimum Gasteiger partial charge on any atom is -0.352 e. The second-order valence-electron chi connectivity index (χ2n) is 9.00. The van der Waals surface area contributed by atoms with Crippen LogP contribution in [-0.2, 0) is 26.2 Å². The van der Waals surface area contributed by atoms with Crippen LogP contribution in [-0.4, -0.2) is 43.8 Å². The Hall–Kier alpha value is -3.07. The first-order valence-electron chi connectivity index (χ1n) is 12.2. The maximum Gasteiger partial charge on any atom is 0.264 e. The molecule has 1 N–H and O–H groups in total. The van der Waals surface area contributed by atoms with Crippen molar-refractivity contribution in [1.82, 2.24) is 10.2 Å². The number of anilines is 1. The lowest BCUT2D eigenvalue weighted by Gasteiger charge is -2.33. The summed E-state index contributed by atoms with van der Waals surface area (Å²) in [5.41, 5.74) is 0.909. The van der Waals surface area contributed by atoms with E-state index in [1.807, 2.05) is 13.8 Å². The Kier molecular flexibility index (Phi) is 10.2. The summed E-state index contributed by atoms with van der Waals surface area (Å²) in [6.45, 7) is 4.96. The van der Waals surface area contributed by atoms with Crippen LogP contribution in [0.4, 0.5) is 5.69 Å². The van der Waals surface area contributed by atoms with Crippen molar-refractivity contribution in [3.05, 3.63) is 94.5 Å². The average Bonchev–Trinajstić information content (AvgIpc) is 2.88. The highest BCUT2D eigenvalue weighted by Crippen LogP contribution is 2.26. The van der Waals surface area contributed by atoms with Crippen molar-refractivity contribution in [2.75, 3.05) is 10.8 Å². The van der Waals surface area contributed by atoms with E-state index < -0.39 is 28.5 Å². The number of sulfonamides is 1. The van der Waals surface area contributed by atoms with Gasteiger partial charge in [-0.1, -0.05) is 66.5 Å². The number of carbonyl (C=O) groups excluding carboxylic acids is 2. The van der Waals surface area contributed by atoms with Gasteiger partial charge < -0.3 is 10.2 Å². The van der Waals surface area contributed by atoms with E-state index in [1.54, 1.807) is 61.5 Å². The molecule has 2 amide bonds. The summed E-state index contributed by atoms with van der Waals surface area (Å²) in [5, 5.41) is 3.73. The van der Waals surface area contributed by atoms with Crippen molar-refractivity contribution in [3.8, 4) is 0 Å². The van der Waals surface area contributed by atoms with Gasteiger partial charge in [0.15, 0.2) is 0 Å². The molecule has 10 heteroatoms. The van der Waals surface area contributed by atoms with E-state index in [0.29, 0.717) is 22.0 Å². The van der Waals surface area contributed by atoms with Crippen LogP contribution in [0.15, 0.2) is 83.8 Å². The topological polar surface area (TPSA) is 86.8 Å². The number of rotatable bonds is 11. The number of amides is 2. The molecule has 0 fully saturated rings. The molecule has 202 valence electrons. The first-order valence-corrected chi connectivity index (χ1v) is 14.4. The molecule has 0 aliphatic heterocycles. The zero-order valence-electron chi connectivity index (χ0n) is 21.5. The summed E-state index contributed by atoms with van der Waals surface area (Å²) in [6, 6.07) is 20.1. The standard InChI is InChI=1S/C28H31Cl2N3O4S/c1-4-26(28(35)31-20(2)3)32(18-21-10-8-9-13-25(21)30)27(34)19-33(23-16-14-22(29)15-17-23)38(36,37)24-11-6-5-7-12-24/h5-17,20,26H,4,18-19H2,1-3H3,(H,31,35). The molecule has 0 heterocycles. The van der Waals surface area contributed by atoms with Crippen LogP contribution in [0.3, 0.4) is 0 Å². The second kappa shape index (κ2) is 13.1. The van der Waals surface area contributed by atoms with E-state index in [0.717, 1.165) is 4.31 Å². The van der Waals surface area contributed by atoms with Gasteiger partial charge in [0.2, 0.25) is 11.8 Å². The third-order valence-electron chi connectivity index (χ3n) is 5.84. The highest BCUT2D eigenvalue weighted by Gasteiger charge is 2.34. The van der Waals surface area contributed by atoms with Crippen LogP contribution in [0.5, 0.6) is 0 Å². The smallest absolute Gasteiger partial charge is 0.264 e. The number of nitrogens with zero attached hydrogens (tertiary/aromatic N) is 2. The fourth-order valence-corrected chi connectivity index (χ4v) is 5.72. The van der Waals surface area contributed by atoms with Crippen LogP contribution in [0.25, 0.3) is 0 Å². The summed E-state index contributed by atoms with van der Waals surface area (Å²) in [4.78, 5) is 28.5. The monoisotopic (exact) mass is 575 g/mol. The van der Waals surface area contributed by atoms with Crippen LogP contribution in [0.1, 0.15) is 32.8 Å². The second-order valence-corrected chi connectivity index (χ2v) is 11.7. The van der Waals surface area contributed by atoms with E-state index in [9.17, 15) is 18.0 Å². The highest BCUT2D eigenvalue weighted by atomic mass is 35.5. The SMILES string of the molecule is CCC(C(=O)NC(C)C)N(Cc1ccccc1Cl)C(=O)CN(c1ccc(Cl)cc1)S(=O)(=O)c1ccccc1. The lowest BCUT2D eigenvalue weighted by atomic mass is 10.1. The van der Waals surface area contributed by atoms with Crippen LogP contribution >= 0.6 is 23.2 Å². The normalized spacial score (nSPS) is 12.2. The van der Waals surface area contributed by atoms with Gasteiger partial charge >= 0.3 is 0 Å². The molecule has 7 nitrogen and oxygen atoms in total. The van der Waals surface area contributed by atoms with E-state index in [-0.39, 0.29) is 29.1 Å². The van der Waals surface area contributed by atoms with Crippen molar-refractivity contribution < 1.29 is 18.0 Å². The summed E-state index contributed by atoms with van der Waals surface area (Å²) >= 11 is 12.4. The van der Waals surface area contributed by atoms with Crippen molar-refractivity contribution in [2.24, 2.45) is 0 Å². The first-order chi connectivity index (χ1) is 18.0. The Balaban J connectivity index is 2.06. The number of nitrogens with one attached hydrogen (secondary N) is 1. The van der Waals surface area contributed by atoms with Crippen molar-refractivity contribution in [3.63, 3.8) is 0 Å². The predicted molar refractivity (Wildman–Crippen MR) is 152 cm³/mol. The maximum absolute atomic E-state index is 13.9. The lowest BCUT2D eigenvalue weighted by molar-refractivity contribution is -0.140. The molecular formula is C28H31Cl2N3O4S. The summed E-state index contributed by atoms with van der Waals surface area (Å²) < 4.78 is 28.5. The van der Waals surface area contributed by atoms with Gasteiger partial charge in [-0.25, -0.2) is 8.42 Å². The van der Waals surface area contributed by atoms with E-state index in [2.05, 4.69) is 5.32 Å². The average molecular weight is 577 g/mol. The molecule has 3 rings (SSSR count). The summed E-state index contributed by atoms with van der Waals surface area (Å²) in [6.07, 6.45) is 0.321. The highest BCUT2D eigenvalue weighted by molar-refractivity contribution is 7.92. The van der Waals surface area contributed by atoms with Gasteiger partial charge in [-0.05, 0) is 68.3 Å². The number of hydrogen-bond acceptors (Lipinski definition) is 4. The van der Waals surface area contributed by atoms with Gasteiger partial charge in [0.25, 0.3) is 10.0 Å². The Morgan fingerprint density at radius 2 is 1.50 bits per heavy atom. The molecule has 0 saturated heterocycles. The zero-order valence-corrected chi connectivity index (χ0v) is 23.8. The third kappa shape index (κ3) is 7.28. The predicted octanol–water partition coefficient (Wildman–Crippen LogP) is 5.52. The minimum absolute atomic E-state index is 0.0301. The van der Waals surface area contributed by atoms with E-state index in [1.165, 1.54) is 29.2 Å². The Morgan fingerprint density at radius 3 is 2.08 bits per heavy atom. The summed E-state index contributed by atoms with van der Waals surface area (Å²) in [5.74, 6) is -0.878. The molecule has 0 bridgehead atoms. The molecule has 1 atom stereocenters. The van der Waals surface area contributed by atoms with Crippen molar-refractivity contribution >= 4 is 50.7 Å². The van der Waals surface area contributed by atoms with Crippen molar-refractivity contribution in [1.29, 1.82) is 0 Å². The molecule has 3 aromatic carbocycles. The van der Waals surface area contributed by atoms with Gasteiger partial charge in [0.05, 0.1) is 10.6 Å². The maximum atomic E-state index is 13.9. The van der Waals surface area contributed by atoms with Crippen LogP contribution in [0.2, 0.25) is 10.0 Å². The fourth-order valence-electron chi connectivity index (χ4n) is 3.97. The Bertz CT molecular complexity index is 1350. The van der Waals surface area contributed by atoms with Gasteiger partial charge in [0, 0.05) is 22.6 Å². The molecule has 0 aliphatic rings. The van der Waals surface area contributed by atoms with Gasteiger partial charge in [0.1, 0.15) is 12.6 Å². The first kappa shape index (κ1) is 29.5. The van der Waals surface area contributed by atoms with Crippen LogP contribution in [0, 0.1) is 0 Å². The molecule has 0 saturated carbocycles. The summed E-state index contributed by atoms with van der Waals surface area (Å²) in [7, 11) is -4.13. The molecular weight excluding hydrogens is 545 g/mol. The molecule has 38 heavy (non-hydrogen) atoms. The molecule has 0 radical (unpaired) electrons. The largest absolute Gasteiger partial charge is 0.352 e. The molecule has 0 aliphatic carbocycles.